The summed E-state index contributed by atoms with van der Waals surface area (Å²) in [5, 5.41) is 2.94. The number of hydrogen-bond acceptors (Lipinski definition) is 3. The van der Waals surface area contributed by atoms with E-state index >= 15 is 0 Å². The summed E-state index contributed by atoms with van der Waals surface area (Å²) in [5.41, 5.74) is 2.32. The van der Waals surface area contributed by atoms with Gasteiger partial charge in [-0.1, -0.05) is 24.3 Å². The molecule has 4 heteroatoms. The van der Waals surface area contributed by atoms with Crippen molar-refractivity contribution in [2.45, 2.75) is 52.7 Å². The molecule has 0 aromatic heterocycles. The number of hydrogen-bond donors (Lipinski definition) is 1. The smallest absolute Gasteiger partial charge is 0.260 e. The number of carbonyl (C=O) groups excluding carboxylic acids is 1. The van der Waals surface area contributed by atoms with Gasteiger partial charge in [0.1, 0.15) is 11.5 Å². The largest absolute Gasteiger partial charge is 0.491 e. The van der Waals surface area contributed by atoms with Gasteiger partial charge in [-0.15, -0.1) is 0 Å². The van der Waals surface area contributed by atoms with E-state index in [-0.39, 0.29) is 12.0 Å². The van der Waals surface area contributed by atoms with Crippen molar-refractivity contribution in [2.75, 3.05) is 6.54 Å². The van der Waals surface area contributed by atoms with E-state index in [0.29, 0.717) is 6.54 Å². The second kappa shape index (κ2) is 9.85. The van der Waals surface area contributed by atoms with Gasteiger partial charge < -0.3 is 14.8 Å². The summed E-state index contributed by atoms with van der Waals surface area (Å²) in [4.78, 5) is 12.2. The molecule has 26 heavy (non-hydrogen) atoms. The van der Waals surface area contributed by atoms with Crippen LogP contribution in [0, 0.1) is 6.92 Å². The molecule has 1 unspecified atom stereocenters. The maximum absolute atomic E-state index is 12.2. The summed E-state index contributed by atoms with van der Waals surface area (Å²) < 4.78 is 11.4. The number of aryl methyl sites for hydroxylation is 2. The number of nitrogens with one attached hydrogen (secondary N) is 1. The zero-order chi connectivity index (χ0) is 18.9. The number of ether oxygens (including phenoxy) is 2. The molecule has 0 spiro atoms. The lowest BCUT2D eigenvalue weighted by atomic mass is 10.1. The first-order chi connectivity index (χ1) is 12.4. The highest BCUT2D eigenvalue weighted by Crippen LogP contribution is 2.16. The van der Waals surface area contributed by atoms with Gasteiger partial charge in [0.2, 0.25) is 0 Å². The molecule has 0 heterocycles. The van der Waals surface area contributed by atoms with Crippen LogP contribution in [0.4, 0.5) is 0 Å². The molecule has 140 valence electrons. The fraction of sp³-hybridized carbons (Fsp3) is 0.409. The van der Waals surface area contributed by atoms with Gasteiger partial charge in [-0.05, 0) is 75.9 Å². The standard InChI is InChI=1S/C22H29NO3/c1-16(2)25-21-12-6-9-19(15-21)10-7-13-23-22(24)18(4)26-20-11-5-8-17(3)14-20/h5-6,8-9,11-12,14-16,18H,7,10,13H2,1-4H3,(H,23,24). The lowest BCUT2D eigenvalue weighted by Crippen LogP contribution is -2.36. The maximum Gasteiger partial charge on any atom is 0.260 e. The van der Waals surface area contributed by atoms with Gasteiger partial charge in [0.05, 0.1) is 6.10 Å². The Labute approximate surface area is 156 Å². The van der Waals surface area contributed by atoms with Crippen LogP contribution in [0.2, 0.25) is 0 Å². The second-order valence-electron chi connectivity index (χ2n) is 6.79. The molecule has 0 aliphatic carbocycles. The third kappa shape index (κ3) is 6.79. The zero-order valence-corrected chi connectivity index (χ0v) is 16.1. The Morgan fingerprint density at radius 3 is 2.38 bits per heavy atom. The normalized spacial score (nSPS) is 11.9. The van der Waals surface area contributed by atoms with E-state index in [1.807, 2.05) is 57.2 Å². The highest BCUT2D eigenvalue weighted by atomic mass is 16.5. The molecular formula is C22H29NO3. The van der Waals surface area contributed by atoms with E-state index in [0.717, 1.165) is 29.9 Å². The van der Waals surface area contributed by atoms with Crippen molar-refractivity contribution < 1.29 is 14.3 Å². The summed E-state index contributed by atoms with van der Waals surface area (Å²) in [7, 11) is 0. The summed E-state index contributed by atoms with van der Waals surface area (Å²) in [6, 6.07) is 15.8. The molecule has 4 nitrogen and oxygen atoms in total. The molecule has 0 fully saturated rings. The Morgan fingerprint density at radius 2 is 1.69 bits per heavy atom. The van der Waals surface area contributed by atoms with E-state index in [1.54, 1.807) is 6.92 Å². The first-order valence-corrected chi connectivity index (χ1v) is 9.20. The molecule has 1 amide bonds. The van der Waals surface area contributed by atoms with Crippen LogP contribution in [0.3, 0.4) is 0 Å². The first kappa shape index (κ1) is 19.8. The van der Waals surface area contributed by atoms with Crippen molar-refractivity contribution in [3.63, 3.8) is 0 Å². The minimum atomic E-state index is -0.514. The minimum absolute atomic E-state index is 0.0941. The van der Waals surface area contributed by atoms with E-state index in [9.17, 15) is 4.79 Å². The van der Waals surface area contributed by atoms with Crippen LogP contribution in [0.15, 0.2) is 48.5 Å². The van der Waals surface area contributed by atoms with Crippen LogP contribution < -0.4 is 14.8 Å². The topological polar surface area (TPSA) is 47.6 Å². The first-order valence-electron chi connectivity index (χ1n) is 9.20. The molecule has 0 radical (unpaired) electrons. The van der Waals surface area contributed by atoms with Crippen LogP contribution in [0.5, 0.6) is 11.5 Å². The van der Waals surface area contributed by atoms with Crippen LogP contribution >= 0.6 is 0 Å². The van der Waals surface area contributed by atoms with E-state index in [4.69, 9.17) is 9.47 Å². The monoisotopic (exact) mass is 355 g/mol. The van der Waals surface area contributed by atoms with Gasteiger partial charge in [0.25, 0.3) is 5.91 Å². The fourth-order valence-corrected chi connectivity index (χ4v) is 2.64. The van der Waals surface area contributed by atoms with Crippen LogP contribution in [0.25, 0.3) is 0 Å². The van der Waals surface area contributed by atoms with Gasteiger partial charge in [-0.3, -0.25) is 4.79 Å². The van der Waals surface area contributed by atoms with E-state index in [1.165, 1.54) is 5.56 Å². The molecule has 2 aromatic rings. The number of carbonyl (C=O) groups is 1. The highest BCUT2D eigenvalue weighted by Gasteiger charge is 2.13. The van der Waals surface area contributed by atoms with Gasteiger partial charge >= 0.3 is 0 Å². The minimum Gasteiger partial charge on any atom is -0.491 e. The molecule has 2 rings (SSSR count). The summed E-state index contributed by atoms with van der Waals surface area (Å²) in [6.07, 6.45) is 1.41. The third-order valence-electron chi connectivity index (χ3n) is 3.88. The Hall–Kier alpha value is -2.49. The fourth-order valence-electron chi connectivity index (χ4n) is 2.64. The zero-order valence-electron chi connectivity index (χ0n) is 16.1. The predicted molar refractivity (Wildman–Crippen MR) is 105 cm³/mol. The van der Waals surface area contributed by atoms with Crippen molar-refractivity contribution >= 4 is 5.91 Å². The van der Waals surface area contributed by atoms with Crippen molar-refractivity contribution in [1.29, 1.82) is 0 Å². The molecule has 0 bridgehead atoms. The Balaban J connectivity index is 1.72. The Bertz CT molecular complexity index is 712. The van der Waals surface area contributed by atoms with E-state index < -0.39 is 6.10 Å². The molecule has 0 aliphatic rings. The predicted octanol–water partition coefficient (Wildman–Crippen LogP) is 4.30. The average Bonchev–Trinajstić information content (AvgIpc) is 2.58. The lowest BCUT2D eigenvalue weighted by Gasteiger charge is -2.15. The quantitative estimate of drug-likeness (QED) is 0.682. The molecule has 0 saturated carbocycles. The average molecular weight is 355 g/mol. The summed E-state index contributed by atoms with van der Waals surface area (Å²) in [5.74, 6) is 1.51. The van der Waals surface area contributed by atoms with Gasteiger partial charge in [-0.25, -0.2) is 0 Å². The Kier molecular flexibility index (Phi) is 7.52. The molecular weight excluding hydrogens is 326 g/mol. The van der Waals surface area contributed by atoms with Crippen molar-refractivity contribution in [3.05, 3.63) is 59.7 Å². The molecule has 1 atom stereocenters. The number of rotatable bonds is 9. The maximum atomic E-state index is 12.2. The van der Waals surface area contributed by atoms with Crippen molar-refractivity contribution in [3.8, 4) is 11.5 Å². The number of amides is 1. The van der Waals surface area contributed by atoms with Gasteiger partial charge in [-0.2, -0.15) is 0 Å². The number of benzene rings is 2. The second-order valence-corrected chi connectivity index (χ2v) is 6.79. The molecule has 0 aliphatic heterocycles. The highest BCUT2D eigenvalue weighted by molar-refractivity contribution is 5.80. The summed E-state index contributed by atoms with van der Waals surface area (Å²) in [6.45, 7) is 8.42. The van der Waals surface area contributed by atoms with Crippen LogP contribution in [-0.2, 0) is 11.2 Å². The lowest BCUT2D eigenvalue weighted by molar-refractivity contribution is -0.127. The van der Waals surface area contributed by atoms with Crippen molar-refractivity contribution in [2.24, 2.45) is 0 Å². The molecule has 2 aromatic carbocycles. The van der Waals surface area contributed by atoms with E-state index in [2.05, 4.69) is 17.4 Å². The molecule has 0 saturated heterocycles. The summed E-state index contributed by atoms with van der Waals surface area (Å²) >= 11 is 0. The van der Waals surface area contributed by atoms with Crippen molar-refractivity contribution in [1.82, 2.24) is 5.32 Å². The van der Waals surface area contributed by atoms with Crippen LogP contribution in [-0.4, -0.2) is 24.7 Å². The van der Waals surface area contributed by atoms with Crippen LogP contribution in [0.1, 0.15) is 38.3 Å². The molecule has 1 N–H and O–H groups in total. The van der Waals surface area contributed by atoms with Gasteiger partial charge in [0.15, 0.2) is 6.10 Å². The Morgan fingerprint density at radius 1 is 1.00 bits per heavy atom. The SMILES string of the molecule is Cc1cccc(OC(C)C(=O)NCCCc2cccc(OC(C)C)c2)c1. The van der Waals surface area contributed by atoms with Gasteiger partial charge in [0, 0.05) is 6.54 Å². The third-order valence-corrected chi connectivity index (χ3v) is 3.88.